The predicted octanol–water partition coefficient (Wildman–Crippen LogP) is 0.661. The molecule has 1 atom stereocenters. The van der Waals surface area contributed by atoms with Gasteiger partial charge in [0.05, 0.1) is 11.4 Å². The summed E-state index contributed by atoms with van der Waals surface area (Å²) in [6.45, 7) is 3.18. The van der Waals surface area contributed by atoms with Crippen molar-refractivity contribution in [3.05, 3.63) is 23.8 Å². The molecule has 0 radical (unpaired) electrons. The molecule has 0 spiro atoms. The average molecular weight is 276 g/mol. The Morgan fingerprint density at radius 1 is 1.50 bits per heavy atom. The molecular weight excluding hydrogens is 256 g/mol. The van der Waals surface area contributed by atoms with Gasteiger partial charge in [0.15, 0.2) is 0 Å². The van der Waals surface area contributed by atoms with E-state index in [0.717, 1.165) is 13.0 Å². The Kier molecular flexibility index (Phi) is 4.12. The minimum Gasteiger partial charge on any atom is -0.397 e. The van der Waals surface area contributed by atoms with Crippen LogP contribution < -0.4 is 16.4 Å². The zero-order chi connectivity index (χ0) is 14.7. The van der Waals surface area contributed by atoms with Crippen LogP contribution >= 0.6 is 0 Å². The van der Waals surface area contributed by atoms with Crippen molar-refractivity contribution in [2.24, 2.45) is 0 Å². The lowest BCUT2D eigenvalue weighted by molar-refractivity contribution is -0.127. The standard InChI is InChI=1S/C14H20N4O2/c1-3-16-13(19)9-4-5-11(10(15)8-9)17-12-6-7-18(2)14(12)20/h4-5,8,12,17H,3,6-7,15H2,1-2H3,(H,16,19). The Labute approximate surface area is 118 Å². The number of nitrogens with zero attached hydrogens (tertiary/aromatic N) is 1. The van der Waals surface area contributed by atoms with E-state index in [1.807, 2.05) is 6.92 Å². The van der Waals surface area contributed by atoms with Gasteiger partial charge < -0.3 is 21.3 Å². The minimum absolute atomic E-state index is 0.0669. The highest BCUT2D eigenvalue weighted by molar-refractivity contribution is 5.96. The summed E-state index contributed by atoms with van der Waals surface area (Å²) in [5, 5.41) is 5.86. The van der Waals surface area contributed by atoms with Crippen molar-refractivity contribution in [3.63, 3.8) is 0 Å². The van der Waals surface area contributed by atoms with Crippen molar-refractivity contribution in [1.29, 1.82) is 0 Å². The predicted molar refractivity (Wildman–Crippen MR) is 78.5 cm³/mol. The van der Waals surface area contributed by atoms with Gasteiger partial charge in [-0.1, -0.05) is 0 Å². The molecule has 4 N–H and O–H groups in total. The molecule has 0 saturated carbocycles. The van der Waals surface area contributed by atoms with Gasteiger partial charge in [0.25, 0.3) is 5.91 Å². The van der Waals surface area contributed by atoms with Crippen LogP contribution in [0.15, 0.2) is 18.2 Å². The van der Waals surface area contributed by atoms with Gasteiger partial charge in [-0.25, -0.2) is 0 Å². The highest BCUT2D eigenvalue weighted by Crippen LogP contribution is 2.23. The molecule has 2 amide bonds. The number of hydrogen-bond donors (Lipinski definition) is 3. The number of nitrogens with two attached hydrogens (primary N) is 1. The fourth-order valence-corrected chi connectivity index (χ4v) is 2.24. The highest BCUT2D eigenvalue weighted by Gasteiger charge is 2.29. The van der Waals surface area contributed by atoms with Crippen LogP contribution in [-0.4, -0.2) is 42.9 Å². The lowest BCUT2D eigenvalue weighted by Gasteiger charge is -2.15. The van der Waals surface area contributed by atoms with Crippen molar-refractivity contribution in [3.8, 4) is 0 Å². The van der Waals surface area contributed by atoms with Gasteiger partial charge in [-0.05, 0) is 31.5 Å². The van der Waals surface area contributed by atoms with Crippen LogP contribution in [0.1, 0.15) is 23.7 Å². The summed E-state index contributed by atoms with van der Waals surface area (Å²) in [4.78, 5) is 25.2. The van der Waals surface area contributed by atoms with Crippen molar-refractivity contribution in [1.82, 2.24) is 10.2 Å². The maximum absolute atomic E-state index is 11.8. The monoisotopic (exact) mass is 276 g/mol. The van der Waals surface area contributed by atoms with Crippen molar-refractivity contribution < 1.29 is 9.59 Å². The number of carbonyl (C=O) groups is 2. The molecule has 1 saturated heterocycles. The van der Waals surface area contributed by atoms with Gasteiger partial charge in [-0.2, -0.15) is 0 Å². The molecule has 1 unspecified atom stereocenters. The average Bonchev–Trinajstić information content (AvgIpc) is 2.73. The Morgan fingerprint density at radius 3 is 2.80 bits per heavy atom. The summed E-state index contributed by atoms with van der Waals surface area (Å²) >= 11 is 0. The van der Waals surface area contributed by atoms with E-state index in [9.17, 15) is 9.59 Å². The molecule has 20 heavy (non-hydrogen) atoms. The number of benzene rings is 1. The van der Waals surface area contributed by atoms with Gasteiger partial charge in [-0.3, -0.25) is 9.59 Å². The maximum atomic E-state index is 11.8. The smallest absolute Gasteiger partial charge is 0.251 e. The highest BCUT2D eigenvalue weighted by atomic mass is 16.2. The zero-order valence-electron chi connectivity index (χ0n) is 11.8. The summed E-state index contributed by atoms with van der Waals surface area (Å²) in [6, 6.07) is 4.83. The molecule has 0 aliphatic carbocycles. The molecular formula is C14H20N4O2. The van der Waals surface area contributed by atoms with Crippen LogP contribution in [0.5, 0.6) is 0 Å². The summed E-state index contributed by atoms with van der Waals surface area (Å²) < 4.78 is 0. The SMILES string of the molecule is CCNC(=O)c1ccc(NC2CCN(C)C2=O)c(N)c1. The fourth-order valence-electron chi connectivity index (χ4n) is 2.24. The first-order chi connectivity index (χ1) is 9.52. The summed E-state index contributed by atoms with van der Waals surface area (Å²) in [6.07, 6.45) is 0.757. The summed E-state index contributed by atoms with van der Waals surface area (Å²) in [5.74, 6) is -0.0837. The summed E-state index contributed by atoms with van der Waals surface area (Å²) in [5.41, 5.74) is 7.62. The summed E-state index contributed by atoms with van der Waals surface area (Å²) in [7, 11) is 1.78. The number of nitrogens with one attached hydrogen (secondary N) is 2. The molecule has 0 aromatic heterocycles. The third-order valence-corrected chi connectivity index (χ3v) is 3.41. The van der Waals surface area contributed by atoms with Crippen LogP contribution in [-0.2, 0) is 4.79 Å². The topological polar surface area (TPSA) is 87.5 Å². The van der Waals surface area contributed by atoms with E-state index in [-0.39, 0.29) is 17.9 Å². The van der Waals surface area contributed by atoms with E-state index in [4.69, 9.17) is 5.73 Å². The van der Waals surface area contributed by atoms with E-state index in [0.29, 0.717) is 23.5 Å². The van der Waals surface area contributed by atoms with E-state index in [2.05, 4.69) is 10.6 Å². The van der Waals surface area contributed by atoms with Crippen LogP contribution in [0.2, 0.25) is 0 Å². The quantitative estimate of drug-likeness (QED) is 0.705. The number of carbonyl (C=O) groups excluding carboxylic acids is 2. The van der Waals surface area contributed by atoms with E-state index < -0.39 is 0 Å². The third kappa shape index (κ3) is 2.84. The van der Waals surface area contributed by atoms with E-state index in [1.165, 1.54) is 0 Å². The Hall–Kier alpha value is -2.24. The molecule has 1 heterocycles. The molecule has 108 valence electrons. The molecule has 0 bridgehead atoms. The lowest BCUT2D eigenvalue weighted by Crippen LogP contribution is -2.31. The molecule has 1 aliphatic rings. The molecule has 1 aliphatic heterocycles. The molecule has 6 nitrogen and oxygen atoms in total. The molecule has 1 aromatic rings. The van der Waals surface area contributed by atoms with Crippen molar-refractivity contribution >= 4 is 23.2 Å². The number of likely N-dealkylation sites (N-methyl/N-ethyl adjacent to an activating group) is 1. The van der Waals surface area contributed by atoms with Crippen LogP contribution in [0.25, 0.3) is 0 Å². The second-order valence-electron chi connectivity index (χ2n) is 4.91. The molecule has 6 heteroatoms. The number of amides is 2. The number of anilines is 2. The van der Waals surface area contributed by atoms with Crippen LogP contribution in [0, 0.1) is 0 Å². The van der Waals surface area contributed by atoms with E-state index in [1.54, 1.807) is 30.1 Å². The van der Waals surface area contributed by atoms with Gasteiger partial charge in [0.2, 0.25) is 5.91 Å². The number of hydrogen-bond acceptors (Lipinski definition) is 4. The lowest BCUT2D eigenvalue weighted by atomic mass is 10.1. The number of rotatable bonds is 4. The zero-order valence-corrected chi connectivity index (χ0v) is 11.8. The van der Waals surface area contributed by atoms with E-state index >= 15 is 0 Å². The number of nitrogen functional groups attached to an aromatic ring is 1. The largest absolute Gasteiger partial charge is 0.397 e. The first-order valence-electron chi connectivity index (χ1n) is 6.72. The second-order valence-corrected chi connectivity index (χ2v) is 4.91. The van der Waals surface area contributed by atoms with Crippen LogP contribution in [0.3, 0.4) is 0 Å². The first-order valence-corrected chi connectivity index (χ1v) is 6.72. The number of likely N-dealkylation sites (tertiary alicyclic amines) is 1. The van der Waals surface area contributed by atoms with Gasteiger partial charge >= 0.3 is 0 Å². The minimum atomic E-state index is -0.238. The third-order valence-electron chi connectivity index (χ3n) is 3.41. The molecule has 1 fully saturated rings. The maximum Gasteiger partial charge on any atom is 0.251 e. The Bertz CT molecular complexity index is 530. The Balaban J connectivity index is 2.10. The van der Waals surface area contributed by atoms with Gasteiger partial charge in [0.1, 0.15) is 6.04 Å². The fraction of sp³-hybridized carbons (Fsp3) is 0.429. The second kappa shape index (κ2) is 5.81. The molecule has 1 aromatic carbocycles. The van der Waals surface area contributed by atoms with Crippen LogP contribution in [0.4, 0.5) is 11.4 Å². The van der Waals surface area contributed by atoms with Gasteiger partial charge in [-0.15, -0.1) is 0 Å². The van der Waals surface area contributed by atoms with Gasteiger partial charge in [0, 0.05) is 25.7 Å². The first kappa shape index (κ1) is 14.2. The Morgan fingerprint density at radius 2 is 2.25 bits per heavy atom. The van der Waals surface area contributed by atoms with Crippen molar-refractivity contribution in [2.45, 2.75) is 19.4 Å². The van der Waals surface area contributed by atoms with Crippen molar-refractivity contribution in [2.75, 3.05) is 31.2 Å². The normalized spacial score (nSPS) is 18.2. The molecule has 2 rings (SSSR count).